The molecule has 2 aromatic carbocycles. The number of carbonyl (C=O) groups excluding carboxylic acids is 1. The van der Waals surface area contributed by atoms with Gasteiger partial charge in [0.05, 0.1) is 10.7 Å². The monoisotopic (exact) mass is 309 g/mol. The van der Waals surface area contributed by atoms with E-state index < -0.39 is 0 Å². The number of para-hydroxylation sites is 1. The number of benzene rings is 2. The maximum Gasteiger partial charge on any atom is 0.255 e. The summed E-state index contributed by atoms with van der Waals surface area (Å²) in [5.74, 6) is -0.181. The van der Waals surface area contributed by atoms with E-state index >= 15 is 0 Å². The number of halogens is 2. The van der Waals surface area contributed by atoms with Crippen LogP contribution in [0.5, 0.6) is 0 Å². The van der Waals surface area contributed by atoms with Gasteiger partial charge in [0.2, 0.25) is 0 Å². The quantitative estimate of drug-likeness (QED) is 0.877. The molecule has 0 radical (unpaired) electrons. The van der Waals surface area contributed by atoms with Gasteiger partial charge < -0.3 is 5.32 Å². The van der Waals surface area contributed by atoms with Gasteiger partial charge in [-0.25, -0.2) is 0 Å². The van der Waals surface area contributed by atoms with Crippen molar-refractivity contribution in [2.75, 3.05) is 5.32 Å². The maximum absolute atomic E-state index is 11.9. The molecule has 1 N–H and O–H groups in total. The van der Waals surface area contributed by atoms with Crippen LogP contribution in [0.2, 0.25) is 5.02 Å². The van der Waals surface area contributed by atoms with Crippen molar-refractivity contribution in [1.29, 1.82) is 0 Å². The third kappa shape index (κ3) is 3.08. The van der Waals surface area contributed by atoms with E-state index in [0.29, 0.717) is 16.3 Å². The molecular formula is C13H9BrClNO. The van der Waals surface area contributed by atoms with Crippen LogP contribution in [-0.2, 0) is 0 Å². The lowest BCUT2D eigenvalue weighted by atomic mass is 10.2. The topological polar surface area (TPSA) is 29.1 Å². The van der Waals surface area contributed by atoms with Gasteiger partial charge in [-0.05, 0) is 30.3 Å². The number of anilines is 1. The van der Waals surface area contributed by atoms with Crippen molar-refractivity contribution < 1.29 is 4.79 Å². The SMILES string of the molecule is O=C(Nc1ccccc1Cl)c1cccc(Br)c1. The lowest BCUT2D eigenvalue weighted by molar-refractivity contribution is 0.102. The van der Waals surface area contributed by atoms with E-state index in [9.17, 15) is 4.79 Å². The van der Waals surface area contributed by atoms with Crippen molar-refractivity contribution in [3.05, 3.63) is 63.6 Å². The van der Waals surface area contributed by atoms with Crippen LogP contribution in [0.15, 0.2) is 53.0 Å². The van der Waals surface area contributed by atoms with E-state index in [1.165, 1.54) is 0 Å². The summed E-state index contributed by atoms with van der Waals surface area (Å²) in [6.07, 6.45) is 0. The molecule has 17 heavy (non-hydrogen) atoms. The molecule has 2 rings (SSSR count). The van der Waals surface area contributed by atoms with E-state index in [1.54, 1.807) is 24.3 Å². The number of nitrogens with one attached hydrogen (secondary N) is 1. The summed E-state index contributed by atoms with van der Waals surface area (Å²) in [6, 6.07) is 14.3. The Bertz CT molecular complexity index is 557. The first-order chi connectivity index (χ1) is 8.16. The Hall–Kier alpha value is -1.32. The normalized spacial score (nSPS) is 10.0. The van der Waals surface area contributed by atoms with Crippen molar-refractivity contribution in [2.45, 2.75) is 0 Å². The zero-order valence-electron chi connectivity index (χ0n) is 8.78. The molecule has 0 aliphatic rings. The minimum atomic E-state index is -0.181. The van der Waals surface area contributed by atoms with E-state index in [0.717, 1.165) is 4.47 Å². The molecule has 1 amide bonds. The van der Waals surface area contributed by atoms with E-state index in [4.69, 9.17) is 11.6 Å². The lowest BCUT2D eigenvalue weighted by Crippen LogP contribution is -2.11. The summed E-state index contributed by atoms with van der Waals surface area (Å²) >= 11 is 9.29. The predicted molar refractivity (Wildman–Crippen MR) is 73.5 cm³/mol. The van der Waals surface area contributed by atoms with E-state index in [2.05, 4.69) is 21.2 Å². The number of amides is 1. The number of hydrogen-bond acceptors (Lipinski definition) is 1. The van der Waals surface area contributed by atoms with Gasteiger partial charge in [-0.15, -0.1) is 0 Å². The Balaban J connectivity index is 2.20. The predicted octanol–water partition coefficient (Wildman–Crippen LogP) is 4.35. The molecule has 4 heteroatoms. The molecule has 0 saturated heterocycles. The second-order valence-corrected chi connectivity index (χ2v) is 4.77. The molecule has 0 aromatic heterocycles. The Morgan fingerprint density at radius 1 is 1.12 bits per heavy atom. The van der Waals surface area contributed by atoms with Gasteiger partial charge in [0.1, 0.15) is 0 Å². The molecule has 2 aromatic rings. The molecule has 0 aliphatic heterocycles. The maximum atomic E-state index is 11.9. The number of hydrogen-bond donors (Lipinski definition) is 1. The highest BCUT2D eigenvalue weighted by Gasteiger charge is 2.07. The van der Waals surface area contributed by atoms with Gasteiger partial charge in [-0.3, -0.25) is 4.79 Å². The zero-order chi connectivity index (χ0) is 12.3. The highest BCUT2D eigenvalue weighted by molar-refractivity contribution is 9.10. The van der Waals surface area contributed by atoms with Crippen LogP contribution >= 0.6 is 27.5 Å². The van der Waals surface area contributed by atoms with Gasteiger partial charge in [0.15, 0.2) is 0 Å². The van der Waals surface area contributed by atoms with Crippen molar-refractivity contribution in [1.82, 2.24) is 0 Å². The van der Waals surface area contributed by atoms with Crippen LogP contribution in [-0.4, -0.2) is 5.91 Å². The zero-order valence-corrected chi connectivity index (χ0v) is 11.1. The Morgan fingerprint density at radius 3 is 2.59 bits per heavy atom. The average Bonchev–Trinajstić information content (AvgIpc) is 2.32. The van der Waals surface area contributed by atoms with Crippen LogP contribution in [0.1, 0.15) is 10.4 Å². The molecule has 86 valence electrons. The van der Waals surface area contributed by atoms with E-state index in [-0.39, 0.29) is 5.91 Å². The Labute approximate surface area is 113 Å². The van der Waals surface area contributed by atoms with Crippen LogP contribution < -0.4 is 5.32 Å². The summed E-state index contributed by atoms with van der Waals surface area (Å²) in [6.45, 7) is 0. The first kappa shape index (κ1) is 12.1. The molecule has 0 saturated carbocycles. The summed E-state index contributed by atoms with van der Waals surface area (Å²) in [7, 11) is 0. The van der Waals surface area contributed by atoms with Crippen molar-refractivity contribution in [3.63, 3.8) is 0 Å². The van der Waals surface area contributed by atoms with Crippen LogP contribution in [0.3, 0.4) is 0 Å². The second kappa shape index (κ2) is 5.34. The average molecular weight is 311 g/mol. The third-order valence-electron chi connectivity index (χ3n) is 2.21. The fourth-order valence-corrected chi connectivity index (χ4v) is 1.97. The molecule has 0 heterocycles. The molecule has 0 atom stereocenters. The van der Waals surface area contributed by atoms with Crippen molar-refractivity contribution >= 4 is 39.1 Å². The fourth-order valence-electron chi connectivity index (χ4n) is 1.39. The van der Waals surface area contributed by atoms with Crippen molar-refractivity contribution in [3.8, 4) is 0 Å². The van der Waals surface area contributed by atoms with Gasteiger partial charge >= 0.3 is 0 Å². The highest BCUT2D eigenvalue weighted by Crippen LogP contribution is 2.21. The minimum Gasteiger partial charge on any atom is -0.321 e. The molecule has 0 fully saturated rings. The fraction of sp³-hybridized carbons (Fsp3) is 0. The summed E-state index contributed by atoms with van der Waals surface area (Å²) in [5.41, 5.74) is 1.19. The minimum absolute atomic E-state index is 0.181. The summed E-state index contributed by atoms with van der Waals surface area (Å²) in [5, 5.41) is 3.29. The lowest BCUT2D eigenvalue weighted by Gasteiger charge is -2.06. The Morgan fingerprint density at radius 2 is 1.88 bits per heavy atom. The molecule has 0 bridgehead atoms. The van der Waals surface area contributed by atoms with Gasteiger partial charge in [-0.2, -0.15) is 0 Å². The molecular weight excluding hydrogens is 302 g/mol. The standard InChI is InChI=1S/C13H9BrClNO/c14-10-5-3-4-9(8-10)13(17)16-12-7-2-1-6-11(12)15/h1-8H,(H,16,17). The van der Waals surface area contributed by atoms with Crippen molar-refractivity contribution in [2.24, 2.45) is 0 Å². The molecule has 2 nitrogen and oxygen atoms in total. The Kier molecular flexibility index (Phi) is 3.82. The van der Waals surface area contributed by atoms with Crippen LogP contribution in [0, 0.1) is 0 Å². The summed E-state index contributed by atoms with van der Waals surface area (Å²) < 4.78 is 0.865. The second-order valence-electron chi connectivity index (χ2n) is 3.44. The first-order valence-corrected chi connectivity index (χ1v) is 6.15. The third-order valence-corrected chi connectivity index (χ3v) is 3.03. The first-order valence-electron chi connectivity index (χ1n) is 4.98. The largest absolute Gasteiger partial charge is 0.321 e. The molecule has 0 aliphatic carbocycles. The molecule has 0 unspecified atom stereocenters. The number of carbonyl (C=O) groups is 1. The van der Waals surface area contributed by atoms with Gasteiger partial charge in [-0.1, -0.05) is 45.7 Å². The van der Waals surface area contributed by atoms with Crippen LogP contribution in [0.25, 0.3) is 0 Å². The smallest absolute Gasteiger partial charge is 0.255 e. The number of rotatable bonds is 2. The van der Waals surface area contributed by atoms with Gasteiger partial charge in [0, 0.05) is 10.0 Å². The highest BCUT2D eigenvalue weighted by atomic mass is 79.9. The molecule has 0 spiro atoms. The summed E-state index contributed by atoms with van der Waals surface area (Å²) in [4.78, 5) is 11.9. The van der Waals surface area contributed by atoms with E-state index in [1.807, 2.05) is 24.3 Å². The van der Waals surface area contributed by atoms with Crippen LogP contribution in [0.4, 0.5) is 5.69 Å². The van der Waals surface area contributed by atoms with Gasteiger partial charge in [0.25, 0.3) is 5.91 Å².